The van der Waals surface area contributed by atoms with E-state index < -0.39 is 0 Å². The lowest BCUT2D eigenvalue weighted by Crippen LogP contribution is -2.13. The quantitative estimate of drug-likeness (QED) is 0.477. The average molecular weight is 425 g/mol. The number of carbonyl (C=O) groups excluding carboxylic acids is 1. The molecule has 0 spiro atoms. The van der Waals surface area contributed by atoms with Crippen LogP contribution < -0.4 is 5.32 Å². The second kappa shape index (κ2) is 7.75. The van der Waals surface area contributed by atoms with Gasteiger partial charge in [-0.05, 0) is 72.5 Å². The molecule has 5 rings (SSSR count). The zero-order chi connectivity index (χ0) is 21.4. The minimum atomic E-state index is -0.248. The Bertz CT molecular complexity index is 1350. The first-order valence-corrected chi connectivity index (χ1v) is 10.3. The van der Waals surface area contributed by atoms with E-state index in [2.05, 4.69) is 22.6 Å². The molecule has 4 aromatic rings. The molecule has 31 heavy (non-hydrogen) atoms. The van der Waals surface area contributed by atoms with Gasteiger partial charge in [0.1, 0.15) is 0 Å². The minimum Gasteiger partial charge on any atom is -0.322 e. The number of nitrogens with one attached hydrogen (secondary N) is 1. The molecule has 0 bridgehead atoms. The van der Waals surface area contributed by atoms with Gasteiger partial charge in [0.15, 0.2) is 0 Å². The van der Waals surface area contributed by atoms with Crippen molar-refractivity contribution in [2.24, 2.45) is 0 Å². The molecular formula is C25H17ClN4O. The van der Waals surface area contributed by atoms with Crippen molar-refractivity contribution >= 4 is 23.2 Å². The van der Waals surface area contributed by atoms with E-state index >= 15 is 0 Å². The smallest absolute Gasteiger partial charge is 0.257 e. The van der Waals surface area contributed by atoms with Gasteiger partial charge in [-0.25, -0.2) is 4.68 Å². The standard InChI is InChI=1S/C25H17ClN4O/c26-23-4-2-1-3-21(23)25(31)29-19-10-9-17-7-8-18-15-28-30(24(18)22(17)13-19)20-11-5-16(14-27)6-12-20/h1-6,9-13,15H,7-8H2,(H,29,31). The molecular weight excluding hydrogens is 408 g/mol. The van der Waals surface area contributed by atoms with Crippen molar-refractivity contribution in [2.75, 3.05) is 5.32 Å². The first kappa shape index (κ1) is 19.1. The van der Waals surface area contributed by atoms with Crippen molar-refractivity contribution < 1.29 is 4.79 Å². The molecule has 0 saturated carbocycles. The molecule has 0 aliphatic heterocycles. The zero-order valence-electron chi connectivity index (χ0n) is 16.5. The Kier molecular flexibility index (Phi) is 4.78. The summed E-state index contributed by atoms with van der Waals surface area (Å²) in [6.45, 7) is 0. The summed E-state index contributed by atoms with van der Waals surface area (Å²) in [5.74, 6) is -0.248. The molecule has 0 radical (unpaired) electrons. The number of nitrogens with zero attached hydrogens (tertiary/aromatic N) is 3. The molecule has 3 aromatic carbocycles. The summed E-state index contributed by atoms with van der Waals surface area (Å²) in [6.07, 6.45) is 3.72. The van der Waals surface area contributed by atoms with E-state index in [0.29, 0.717) is 21.8 Å². The lowest BCUT2D eigenvalue weighted by molar-refractivity contribution is 0.102. The molecule has 1 aliphatic carbocycles. The number of nitriles is 1. The maximum atomic E-state index is 12.7. The highest BCUT2D eigenvalue weighted by atomic mass is 35.5. The molecule has 1 aliphatic rings. The Hall–Kier alpha value is -3.88. The summed E-state index contributed by atoms with van der Waals surface area (Å²) in [5.41, 5.74) is 7.05. The Balaban J connectivity index is 1.53. The summed E-state index contributed by atoms with van der Waals surface area (Å²) in [7, 11) is 0. The molecule has 6 heteroatoms. The monoisotopic (exact) mass is 424 g/mol. The molecule has 1 amide bonds. The second-order valence-corrected chi connectivity index (χ2v) is 7.80. The highest BCUT2D eigenvalue weighted by Crippen LogP contribution is 2.36. The van der Waals surface area contributed by atoms with Crippen LogP contribution in [-0.2, 0) is 12.8 Å². The van der Waals surface area contributed by atoms with Crippen LogP contribution in [0.3, 0.4) is 0 Å². The van der Waals surface area contributed by atoms with Gasteiger partial charge in [-0.3, -0.25) is 4.79 Å². The Labute approximate surface area is 184 Å². The number of aromatic nitrogens is 2. The normalized spacial score (nSPS) is 11.9. The van der Waals surface area contributed by atoms with Crippen molar-refractivity contribution in [1.82, 2.24) is 9.78 Å². The summed E-state index contributed by atoms with van der Waals surface area (Å²) in [5, 5.41) is 17.0. The fraction of sp³-hybridized carbons (Fsp3) is 0.0800. The van der Waals surface area contributed by atoms with Gasteiger partial charge in [0.05, 0.1) is 39.8 Å². The maximum absolute atomic E-state index is 12.7. The average Bonchev–Trinajstić information content (AvgIpc) is 3.24. The number of amides is 1. The van der Waals surface area contributed by atoms with Crippen molar-refractivity contribution in [2.45, 2.75) is 12.8 Å². The van der Waals surface area contributed by atoms with Gasteiger partial charge >= 0.3 is 0 Å². The molecule has 1 aromatic heterocycles. The largest absolute Gasteiger partial charge is 0.322 e. The van der Waals surface area contributed by atoms with Crippen LogP contribution in [0.4, 0.5) is 5.69 Å². The SMILES string of the molecule is N#Cc1ccc(-n2ncc3c2-c2cc(NC(=O)c4ccccc4Cl)ccc2CC3)cc1. The number of benzene rings is 3. The van der Waals surface area contributed by atoms with Gasteiger partial charge in [-0.2, -0.15) is 10.4 Å². The van der Waals surface area contributed by atoms with Crippen LogP contribution in [0.2, 0.25) is 5.02 Å². The third-order valence-electron chi connectivity index (χ3n) is 5.49. The number of carbonyl (C=O) groups is 1. The highest BCUT2D eigenvalue weighted by Gasteiger charge is 2.22. The fourth-order valence-electron chi connectivity index (χ4n) is 3.93. The van der Waals surface area contributed by atoms with Crippen LogP contribution in [0.25, 0.3) is 16.9 Å². The fourth-order valence-corrected chi connectivity index (χ4v) is 4.15. The molecule has 0 fully saturated rings. The second-order valence-electron chi connectivity index (χ2n) is 7.39. The molecule has 1 N–H and O–H groups in total. The number of aryl methyl sites for hydroxylation is 2. The molecule has 150 valence electrons. The van der Waals surface area contributed by atoms with E-state index in [4.69, 9.17) is 16.9 Å². The maximum Gasteiger partial charge on any atom is 0.257 e. The Morgan fingerprint density at radius 1 is 1.03 bits per heavy atom. The molecule has 0 saturated heterocycles. The molecule has 0 atom stereocenters. The van der Waals surface area contributed by atoms with Crippen LogP contribution in [0.1, 0.15) is 27.0 Å². The van der Waals surface area contributed by atoms with Crippen LogP contribution in [0.5, 0.6) is 0 Å². The van der Waals surface area contributed by atoms with Gasteiger partial charge in [-0.1, -0.05) is 29.8 Å². The van der Waals surface area contributed by atoms with Crippen LogP contribution in [0.15, 0.2) is 72.9 Å². The lowest BCUT2D eigenvalue weighted by atomic mass is 9.90. The van der Waals surface area contributed by atoms with Crippen LogP contribution in [-0.4, -0.2) is 15.7 Å². The predicted octanol–water partition coefficient (Wildman–Crippen LogP) is 5.42. The van der Waals surface area contributed by atoms with Crippen molar-refractivity contribution in [1.29, 1.82) is 5.26 Å². The number of hydrogen-bond acceptors (Lipinski definition) is 3. The number of halogens is 1. The third kappa shape index (κ3) is 3.48. The topological polar surface area (TPSA) is 70.7 Å². The van der Waals surface area contributed by atoms with Crippen LogP contribution in [0, 0.1) is 11.3 Å². The first-order chi connectivity index (χ1) is 15.1. The lowest BCUT2D eigenvalue weighted by Gasteiger charge is -2.20. The van der Waals surface area contributed by atoms with Crippen molar-refractivity contribution in [3.8, 4) is 23.0 Å². The number of anilines is 1. The Morgan fingerprint density at radius 2 is 1.81 bits per heavy atom. The minimum absolute atomic E-state index is 0.248. The predicted molar refractivity (Wildman–Crippen MR) is 121 cm³/mol. The summed E-state index contributed by atoms with van der Waals surface area (Å²) in [4.78, 5) is 12.7. The zero-order valence-corrected chi connectivity index (χ0v) is 17.2. The van der Waals surface area contributed by atoms with Crippen LogP contribution >= 0.6 is 11.6 Å². The summed E-state index contributed by atoms with van der Waals surface area (Å²) < 4.78 is 1.90. The van der Waals surface area contributed by atoms with E-state index in [1.54, 1.807) is 36.4 Å². The van der Waals surface area contributed by atoms with E-state index in [-0.39, 0.29) is 5.91 Å². The first-order valence-electron chi connectivity index (χ1n) is 9.90. The third-order valence-corrected chi connectivity index (χ3v) is 5.82. The van der Waals surface area contributed by atoms with E-state index in [1.807, 2.05) is 35.1 Å². The van der Waals surface area contributed by atoms with E-state index in [1.165, 1.54) is 5.56 Å². The molecule has 1 heterocycles. The Morgan fingerprint density at radius 3 is 2.58 bits per heavy atom. The highest BCUT2D eigenvalue weighted by molar-refractivity contribution is 6.34. The van der Waals surface area contributed by atoms with Crippen molar-refractivity contribution in [3.63, 3.8) is 0 Å². The summed E-state index contributed by atoms with van der Waals surface area (Å²) in [6, 6.07) is 22.4. The van der Waals surface area contributed by atoms with Crippen molar-refractivity contribution in [3.05, 3.63) is 100 Å². The number of fused-ring (bicyclic) bond motifs is 3. The van der Waals surface area contributed by atoms with Gasteiger partial charge in [0.2, 0.25) is 0 Å². The number of hydrogen-bond donors (Lipinski definition) is 1. The molecule has 0 unspecified atom stereocenters. The number of rotatable bonds is 3. The van der Waals surface area contributed by atoms with Gasteiger partial charge in [0.25, 0.3) is 5.91 Å². The summed E-state index contributed by atoms with van der Waals surface area (Å²) >= 11 is 6.17. The van der Waals surface area contributed by atoms with E-state index in [9.17, 15) is 4.79 Å². The van der Waals surface area contributed by atoms with Gasteiger partial charge < -0.3 is 5.32 Å². The van der Waals surface area contributed by atoms with Gasteiger partial charge in [-0.15, -0.1) is 0 Å². The van der Waals surface area contributed by atoms with E-state index in [0.717, 1.165) is 35.3 Å². The molecule has 5 nitrogen and oxygen atoms in total. The van der Waals surface area contributed by atoms with Gasteiger partial charge in [0, 0.05) is 11.3 Å².